The molecule has 0 unspecified atom stereocenters. The van der Waals surface area contributed by atoms with Gasteiger partial charge in [-0.05, 0) is 37.8 Å². The average molecular weight is 195 g/mol. The zero-order valence-corrected chi connectivity index (χ0v) is 8.32. The second-order valence-corrected chi connectivity index (χ2v) is 3.93. The standard InChI is InChI=1S/C11H17NO2/c12-9-3-5-10(6-4-9)14-8-11-2-1-7-13-11/h1-2,7,9-10H,3-6,8,12H2. The van der Waals surface area contributed by atoms with Crippen molar-refractivity contribution >= 4 is 0 Å². The number of hydrogen-bond donors (Lipinski definition) is 1. The number of hydrogen-bond acceptors (Lipinski definition) is 3. The Labute approximate surface area is 84.2 Å². The van der Waals surface area contributed by atoms with Gasteiger partial charge in [-0.3, -0.25) is 0 Å². The van der Waals surface area contributed by atoms with E-state index in [0.29, 0.717) is 18.8 Å². The Kier molecular flexibility index (Phi) is 3.22. The molecule has 1 aliphatic carbocycles. The van der Waals surface area contributed by atoms with Crippen LogP contribution in [0.1, 0.15) is 31.4 Å². The summed E-state index contributed by atoms with van der Waals surface area (Å²) in [6, 6.07) is 4.21. The molecule has 14 heavy (non-hydrogen) atoms. The first-order valence-corrected chi connectivity index (χ1v) is 5.24. The molecule has 1 fully saturated rings. The Morgan fingerprint density at radius 1 is 1.36 bits per heavy atom. The lowest BCUT2D eigenvalue weighted by Crippen LogP contribution is -2.30. The van der Waals surface area contributed by atoms with Crippen molar-refractivity contribution in [1.82, 2.24) is 0 Å². The number of ether oxygens (including phenoxy) is 1. The molecule has 0 saturated heterocycles. The van der Waals surface area contributed by atoms with E-state index in [1.54, 1.807) is 6.26 Å². The van der Waals surface area contributed by atoms with Gasteiger partial charge in [0.25, 0.3) is 0 Å². The highest BCUT2D eigenvalue weighted by molar-refractivity contribution is 4.96. The van der Waals surface area contributed by atoms with E-state index in [9.17, 15) is 0 Å². The van der Waals surface area contributed by atoms with Gasteiger partial charge in [0.1, 0.15) is 12.4 Å². The van der Waals surface area contributed by atoms with Crippen molar-refractivity contribution in [2.45, 2.75) is 44.4 Å². The normalized spacial score (nSPS) is 27.8. The summed E-state index contributed by atoms with van der Waals surface area (Å²) in [5.41, 5.74) is 5.81. The molecule has 3 heteroatoms. The SMILES string of the molecule is NC1CCC(OCc2ccco2)CC1. The van der Waals surface area contributed by atoms with Crippen molar-refractivity contribution < 1.29 is 9.15 Å². The van der Waals surface area contributed by atoms with Crippen molar-refractivity contribution in [3.8, 4) is 0 Å². The molecule has 0 atom stereocenters. The van der Waals surface area contributed by atoms with Crippen LogP contribution in [-0.4, -0.2) is 12.1 Å². The molecule has 2 N–H and O–H groups in total. The highest BCUT2D eigenvalue weighted by atomic mass is 16.5. The summed E-state index contributed by atoms with van der Waals surface area (Å²) >= 11 is 0. The monoisotopic (exact) mass is 195 g/mol. The minimum Gasteiger partial charge on any atom is -0.467 e. The molecular weight excluding hydrogens is 178 g/mol. The minimum atomic E-state index is 0.375. The van der Waals surface area contributed by atoms with Crippen LogP contribution in [0.4, 0.5) is 0 Å². The summed E-state index contributed by atoms with van der Waals surface area (Å²) in [7, 11) is 0. The largest absolute Gasteiger partial charge is 0.467 e. The third kappa shape index (κ3) is 2.59. The lowest BCUT2D eigenvalue weighted by molar-refractivity contribution is 0.00595. The Morgan fingerprint density at radius 3 is 2.79 bits per heavy atom. The molecule has 1 heterocycles. The topological polar surface area (TPSA) is 48.4 Å². The van der Waals surface area contributed by atoms with Crippen molar-refractivity contribution in [1.29, 1.82) is 0 Å². The van der Waals surface area contributed by atoms with E-state index in [1.165, 1.54) is 0 Å². The molecule has 3 nitrogen and oxygen atoms in total. The summed E-state index contributed by atoms with van der Waals surface area (Å²) in [5.74, 6) is 0.903. The second kappa shape index (κ2) is 4.62. The zero-order valence-electron chi connectivity index (χ0n) is 8.32. The first-order chi connectivity index (χ1) is 6.84. The van der Waals surface area contributed by atoms with Crippen molar-refractivity contribution in [3.63, 3.8) is 0 Å². The Bertz CT molecular complexity index is 250. The Hall–Kier alpha value is -0.800. The van der Waals surface area contributed by atoms with E-state index in [2.05, 4.69) is 0 Å². The average Bonchev–Trinajstić information content (AvgIpc) is 2.70. The highest BCUT2D eigenvalue weighted by Crippen LogP contribution is 2.20. The van der Waals surface area contributed by atoms with Crippen LogP contribution in [0.3, 0.4) is 0 Å². The summed E-state index contributed by atoms with van der Waals surface area (Å²) < 4.78 is 10.9. The third-order valence-electron chi connectivity index (χ3n) is 2.76. The van der Waals surface area contributed by atoms with Crippen LogP contribution >= 0.6 is 0 Å². The molecule has 0 radical (unpaired) electrons. The van der Waals surface area contributed by atoms with E-state index in [1.807, 2.05) is 12.1 Å². The Morgan fingerprint density at radius 2 is 2.14 bits per heavy atom. The molecule has 1 aromatic heterocycles. The Balaban J connectivity index is 1.71. The first kappa shape index (κ1) is 9.74. The van der Waals surface area contributed by atoms with Crippen LogP contribution in [0, 0.1) is 0 Å². The van der Waals surface area contributed by atoms with Gasteiger partial charge < -0.3 is 14.9 Å². The van der Waals surface area contributed by atoms with Crippen molar-refractivity contribution in [3.05, 3.63) is 24.2 Å². The summed E-state index contributed by atoms with van der Waals surface area (Å²) in [4.78, 5) is 0. The molecular formula is C11H17NO2. The van der Waals surface area contributed by atoms with Gasteiger partial charge in [-0.15, -0.1) is 0 Å². The maximum Gasteiger partial charge on any atom is 0.129 e. The van der Waals surface area contributed by atoms with Gasteiger partial charge in [-0.25, -0.2) is 0 Å². The van der Waals surface area contributed by atoms with Crippen LogP contribution in [0.5, 0.6) is 0 Å². The smallest absolute Gasteiger partial charge is 0.129 e. The zero-order chi connectivity index (χ0) is 9.80. The van der Waals surface area contributed by atoms with E-state index in [-0.39, 0.29) is 0 Å². The third-order valence-corrected chi connectivity index (χ3v) is 2.76. The van der Waals surface area contributed by atoms with E-state index in [4.69, 9.17) is 14.9 Å². The van der Waals surface area contributed by atoms with Crippen LogP contribution in [0.2, 0.25) is 0 Å². The van der Waals surface area contributed by atoms with Gasteiger partial charge in [0.2, 0.25) is 0 Å². The number of nitrogens with two attached hydrogens (primary N) is 1. The molecule has 1 aromatic rings. The molecule has 0 amide bonds. The maximum atomic E-state index is 5.81. The minimum absolute atomic E-state index is 0.375. The van der Waals surface area contributed by atoms with Crippen molar-refractivity contribution in [2.75, 3.05) is 0 Å². The maximum absolute atomic E-state index is 5.81. The summed E-state index contributed by atoms with van der Waals surface area (Å²) in [6.45, 7) is 0.590. The van der Waals surface area contributed by atoms with Gasteiger partial charge in [0.05, 0.1) is 12.4 Å². The van der Waals surface area contributed by atoms with Crippen LogP contribution in [0.15, 0.2) is 22.8 Å². The predicted molar refractivity (Wildman–Crippen MR) is 53.7 cm³/mol. The fourth-order valence-electron chi connectivity index (χ4n) is 1.85. The first-order valence-electron chi connectivity index (χ1n) is 5.24. The van der Waals surface area contributed by atoms with Gasteiger partial charge in [-0.2, -0.15) is 0 Å². The van der Waals surface area contributed by atoms with Crippen LogP contribution < -0.4 is 5.73 Å². The lowest BCUT2D eigenvalue weighted by atomic mass is 9.94. The molecule has 0 aromatic carbocycles. The van der Waals surface area contributed by atoms with Crippen LogP contribution in [0.25, 0.3) is 0 Å². The van der Waals surface area contributed by atoms with E-state index >= 15 is 0 Å². The fourth-order valence-corrected chi connectivity index (χ4v) is 1.85. The summed E-state index contributed by atoms with van der Waals surface area (Å²) in [5, 5.41) is 0. The number of rotatable bonds is 3. The summed E-state index contributed by atoms with van der Waals surface area (Å²) in [6.07, 6.45) is 6.39. The molecule has 2 rings (SSSR count). The predicted octanol–water partition coefficient (Wildman–Crippen LogP) is 2.07. The van der Waals surface area contributed by atoms with Gasteiger partial charge in [-0.1, -0.05) is 0 Å². The molecule has 0 aliphatic heterocycles. The van der Waals surface area contributed by atoms with Crippen LogP contribution in [-0.2, 0) is 11.3 Å². The van der Waals surface area contributed by atoms with Crippen molar-refractivity contribution in [2.24, 2.45) is 5.73 Å². The molecule has 0 bridgehead atoms. The van der Waals surface area contributed by atoms with E-state index < -0.39 is 0 Å². The molecule has 78 valence electrons. The van der Waals surface area contributed by atoms with Gasteiger partial charge in [0.15, 0.2) is 0 Å². The highest BCUT2D eigenvalue weighted by Gasteiger charge is 2.18. The quantitative estimate of drug-likeness (QED) is 0.803. The number of furan rings is 1. The lowest BCUT2D eigenvalue weighted by Gasteiger charge is -2.25. The van der Waals surface area contributed by atoms with Gasteiger partial charge in [0, 0.05) is 6.04 Å². The molecule has 0 spiro atoms. The van der Waals surface area contributed by atoms with E-state index in [0.717, 1.165) is 31.4 Å². The molecule has 1 aliphatic rings. The van der Waals surface area contributed by atoms with Gasteiger partial charge >= 0.3 is 0 Å². The fraction of sp³-hybridized carbons (Fsp3) is 0.636. The molecule has 1 saturated carbocycles. The second-order valence-electron chi connectivity index (χ2n) is 3.93.